The topological polar surface area (TPSA) is 9.23 Å². The molecule has 0 N–H and O–H groups in total. The molecular formula is C20H40OPtSi. The molecule has 0 heterocycles. The van der Waals surface area contributed by atoms with Crippen LogP contribution in [0.5, 0.6) is 0 Å². The van der Waals surface area contributed by atoms with Crippen molar-refractivity contribution in [1.82, 2.24) is 0 Å². The third-order valence-electron chi connectivity index (χ3n) is 4.61. The second-order valence-electron chi connectivity index (χ2n) is 7.55. The second kappa shape index (κ2) is 9.73. The Hall–Kier alpha value is 0.345. The summed E-state index contributed by atoms with van der Waals surface area (Å²) in [4.78, 5) is 0. The molecule has 0 aromatic heterocycles. The molecule has 0 spiro atoms. The number of allylic oxidation sites excluding steroid dienone is 4. The van der Waals surface area contributed by atoms with Gasteiger partial charge in [-0.15, -0.1) is 0 Å². The first-order valence-corrected chi connectivity index (χ1v) is 20.0. The van der Waals surface area contributed by atoms with Gasteiger partial charge in [0.2, 0.25) is 0 Å². The molecule has 0 aliphatic heterocycles. The molecule has 0 atom stereocenters. The average molecular weight is 520 g/mol. The molecule has 1 aliphatic carbocycles. The van der Waals surface area contributed by atoms with Crippen LogP contribution in [0.25, 0.3) is 0 Å². The molecule has 0 aromatic rings. The van der Waals surface area contributed by atoms with E-state index >= 15 is 0 Å². The molecule has 0 amide bonds. The van der Waals surface area contributed by atoms with Crippen molar-refractivity contribution in [3.05, 3.63) is 20.8 Å². The first kappa shape index (κ1) is 21.4. The fourth-order valence-electron chi connectivity index (χ4n) is 3.44. The zero-order valence-electron chi connectivity index (χ0n) is 16.7. The fourth-order valence-corrected chi connectivity index (χ4v) is 10.4. The third kappa shape index (κ3) is 6.63. The molecule has 1 aliphatic rings. The van der Waals surface area contributed by atoms with Crippen LogP contribution in [0.2, 0.25) is 29.0 Å². The van der Waals surface area contributed by atoms with Gasteiger partial charge < -0.3 is 0 Å². The van der Waals surface area contributed by atoms with Crippen molar-refractivity contribution >= 4 is 8.32 Å². The van der Waals surface area contributed by atoms with Gasteiger partial charge in [0.25, 0.3) is 0 Å². The molecule has 1 rings (SSSR count). The molecule has 3 heteroatoms. The van der Waals surface area contributed by atoms with Crippen molar-refractivity contribution in [3.8, 4) is 0 Å². The standard InChI is InChI=1S/C17H31OSi.3CH3.Pt/c1-5-7-8-9-10-11-13-16-14-12-15-17(16)19(3,4)18-6-2;;;;/h15H,5-13H2,1-4H3;3*1H3;. The van der Waals surface area contributed by atoms with E-state index in [1.54, 1.807) is 10.8 Å². The van der Waals surface area contributed by atoms with E-state index in [-0.39, 0.29) is 0 Å². The summed E-state index contributed by atoms with van der Waals surface area (Å²) in [6, 6.07) is 0. The second-order valence-corrected chi connectivity index (χ2v) is 23.0. The van der Waals surface area contributed by atoms with Crippen molar-refractivity contribution in [2.24, 2.45) is 0 Å². The summed E-state index contributed by atoms with van der Waals surface area (Å²) in [7, 11) is -1.70. The van der Waals surface area contributed by atoms with Gasteiger partial charge in [0.05, 0.1) is 0 Å². The van der Waals surface area contributed by atoms with Crippen LogP contribution in [0, 0.1) is 0 Å². The van der Waals surface area contributed by atoms with Crippen molar-refractivity contribution in [2.75, 3.05) is 6.61 Å². The van der Waals surface area contributed by atoms with E-state index in [9.17, 15) is 0 Å². The molecule has 0 unspecified atom stereocenters. The molecule has 0 radical (unpaired) electrons. The minimum absolute atomic E-state index is 0.854. The Labute approximate surface area is 150 Å². The van der Waals surface area contributed by atoms with Crippen LogP contribution in [-0.2, 0) is 20.5 Å². The van der Waals surface area contributed by atoms with Gasteiger partial charge in [-0.1, -0.05) is 0 Å². The molecule has 0 saturated carbocycles. The molecule has 0 saturated heterocycles. The zero-order valence-corrected chi connectivity index (χ0v) is 19.9. The summed E-state index contributed by atoms with van der Waals surface area (Å²) < 4.78 is 8.07. The molecule has 140 valence electrons. The summed E-state index contributed by atoms with van der Waals surface area (Å²) in [6.45, 7) is 10.1. The van der Waals surface area contributed by atoms with Crippen LogP contribution in [0.1, 0.15) is 65.2 Å². The van der Waals surface area contributed by atoms with Crippen LogP contribution in [-0.4, -0.2) is 14.9 Å². The minimum atomic E-state index is -1.70. The van der Waals surface area contributed by atoms with E-state index in [0.29, 0.717) is 0 Å². The zero-order chi connectivity index (χ0) is 17.5. The third-order valence-corrected chi connectivity index (χ3v) is 12.7. The van der Waals surface area contributed by atoms with Crippen LogP contribution in [0.3, 0.4) is 0 Å². The normalized spacial score (nSPS) is 16.9. The van der Waals surface area contributed by atoms with Crippen molar-refractivity contribution in [2.45, 2.75) is 94.2 Å². The summed E-state index contributed by atoms with van der Waals surface area (Å²) in [5.41, 5.74) is 1.75. The Morgan fingerprint density at radius 1 is 1.00 bits per heavy atom. The van der Waals surface area contributed by atoms with Crippen LogP contribution >= 0.6 is 0 Å². The molecule has 0 fully saturated rings. The first-order chi connectivity index (χ1) is 10.7. The van der Waals surface area contributed by atoms with E-state index in [4.69, 9.17) is 4.43 Å². The van der Waals surface area contributed by atoms with E-state index < -0.39 is 24.4 Å². The molecule has 0 bridgehead atoms. The molecule has 23 heavy (non-hydrogen) atoms. The van der Waals surface area contributed by atoms with Gasteiger partial charge in [-0.3, -0.25) is 0 Å². The molecule has 1 nitrogen and oxygen atoms in total. The predicted octanol–water partition coefficient (Wildman–Crippen LogP) is 7.40. The van der Waals surface area contributed by atoms with Crippen molar-refractivity contribution in [3.63, 3.8) is 0 Å². The Kier molecular flexibility index (Phi) is 9.05. The van der Waals surface area contributed by atoms with Gasteiger partial charge in [0.1, 0.15) is 0 Å². The number of unbranched alkanes of at least 4 members (excludes halogenated alkanes) is 5. The van der Waals surface area contributed by atoms with E-state index in [0.717, 1.165) is 6.61 Å². The van der Waals surface area contributed by atoms with Crippen molar-refractivity contribution in [1.29, 1.82) is 0 Å². The first-order valence-electron chi connectivity index (χ1n) is 9.17. The fraction of sp³-hybridized carbons (Fsp3) is 0.800. The van der Waals surface area contributed by atoms with Crippen molar-refractivity contribution < 1.29 is 20.5 Å². The summed E-state index contributed by atoms with van der Waals surface area (Å²) in [5, 5.41) is 9.29. The van der Waals surface area contributed by atoms with Crippen LogP contribution in [0.4, 0.5) is 0 Å². The SMILES string of the molecule is CCCCCCCCC1=[C]([Pt]([CH3])([CH3])[CH3])CC=C1[Si](C)(C)OCC. The number of hydrogen-bond acceptors (Lipinski definition) is 1. The summed E-state index contributed by atoms with van der Waals surface area (Å²) >= 11 is -1.67. The average Bonchev–Trinajstić information content (AvgIpc) is 2.87. The van der Waals surface area contributed by atoms with E-state index in [1.807, 2.05) is 3.96 Å². The number of hydrogen-bond donors (Lipinski definition) is 0. The van der Waals surface area contributed by atoms with Gasteiger partial charge in [-0.25, -0.2) is 0 Å². The van der Waals surface area contributed by atoms with Crippen LogP contribution in [0.15, 0.2) is 20.8 Å². The van der Waals surface area contributed by atoms with Gasteiger partial charge in [0, 0.05) is 0 Å². The maximum absolute atomic E-state index is 6.22. The Balaban J connectivity index is 2.78. The molecular weight excluding hydrogens is 479 g/mol. The quantitative estimate of drug-likeness (QED) is 0.204. The summed E-state index contributed by atoms with van der Waals surface area (Å²) in [5.74, 6) is 0. The van der Waals surface area contributed by atoms with Gasteiger partial charge in [-0.05, 0) is 0 Å². The Bertz CT molecular complexity index is 429. The Morgan fingerprint density at radius 3 is 2.17 bits per heavy atom. The van der Waals surface area contributed by atoms with Gasteiger partial charge in [-0.2, -0.15) is 0 Å². The van der Waals surface area contributed by atoms with Gasteiger partial charge >= 0.3 is 150 Å². The maximum atomic E-state index is 6.22. The molecule has 0 aromatic carbocycles. The monoisotopic (exact) mass is 519 g/mol. The van der Waals surface area contributed by atoms with Gasteiger partial charge in [0.15, 0.2) is 0 Å². The van der Waals surface area contributed by atoms with E-state index in [1.165, 1.54) is 51.4 Å². The summed E-state index contributed by atoms with van der Waals surface area (Å²) in [6.07, 6.45) is 13.4. The number of rotatable bonds is 11. The predicted molar refractivity (Wildman–Crippen MR) is 104 cm³/mol. The van der Waals surface area contributed by atoms with Crippen LogP contribution < -0.4 is 0 Å². The Morgan fingerprint density at radius 2 is 1.61 bits per heavy atom. The van der Waals surface area contributed by atoms with E-state index in [2.05, 4.69) is 49.0 Å².